The zero-order valence-electron chi connectivity index (χ0n) is 8.31. The summed E-state index contributed by atoms with van der Waals surface area (Å²) in [6.07, 6.45) is 0. The second-order valence-corrected chi connectivity index (χ2v) is 3.23. The molecule has 0 aliphatic rings. The summed E-state index contributed by atoms with van der Waals surface area (Å²) in [7, 11) is 0. The van der Waals surface area contributed by atoms with Crippen LogP contribution in [0.4, 0.5) is 0 Å². The third kappa shape index (κ3) is 2.83. The van der Waals surface area contributed by atoms with Gasteiger partial charge in [0.15, 0.2) is 0 Å². The van der Waals surface area contributed by atoms with E-state index in [2.05, 4.69) is 0 Å². The minimum atomic E-state index is -1.14. The van der Waals surface area contributed by atoms with Gasteiger partial charge in [0, 0.05) is 0 Å². The van der Waals surface area contributed by atoms with Crippen molar-refractivity contribution in [3.63, 3.8) is 0 Å². The Morgan fingerprint density at radius 2 is 1.31 bits per heavy atom. The first kappa shape index (κ1) is 12.7. The minimum Gasteiger partial charge on any atom is -0.545 e. The molecule has 0 saturated carbocycles. The molecule has 0 saturated heterocycles. The molecule has 0 bridgehead atoms. The molecule has 0 aliphatic carbocycles. The molecule has 0 spiro atoms. The van der Waals surface area contributed by atoms with Crippen molar-refractivity contribution in [3.8, 4) is 11.1 Å². The van der Waals surface area contributed by atoms with Crippen LogP contribution in [0, 0.1) is 0 Å². The van der Waals surface area contributed by atoms with E-state index in [-0.39, 0.29) is 27.9 Å². The van der Waals surface area contributed by atoms with Gasteiger partial charge < -0.3 is 9.90 Å². The summed E-state index contributed by atoms with van der Waals surface area (Å²) in [6.45, 7) is 0. The molecule has 0 aromatic heterocycles. The van der Waals surface area contributed by atoms with Crippen molar-refractivity contribution in [1.82, 2.24) is 0 Å². The van der Waals surface area contributed by atoms with Crippen molar-refractivity contribution in [2.45, 2.75) is 0 Å². The van der Waals surface area contributed by atoms with Gasteiger partial charge >= 0.3 is 22.4 Å². The molecular formula is C13H9AgO2. The standard InChI is InChI=1S/C13H10O2.Ag/c14-13(15)12-8-6-11(7-9-12)10-4-2-1-3-5-10;/h1-9H,(H,14,15);/q;+1/p-1. The molecule has 0 radical (unpaired) electrons. The Hall–Kier alpha value is -1.35. The van der Waals surface area contributed by atoms with Gasteiger partial charge in [-0.15, -0.1) is 0 Å². The summed E-state index contributed by atoms with van der Waals surface area (Å²) >= 11 is 0. The molecule has 2 rings (SSSR count). The summed E-state index contributed by atoms with van der Waals surface area (Å²) in [6, 6.07) is 16.5. The monoisotopic (exact) mass is 304 g/mol. The smallest absolute Gasteiger partial charge is 0.545 e. The largest absolute Gasteiger partial charge is 1.00 e. The Morgan fingerprint density at radius 1 is 0.812 bits per heavy atom. The first-order valence-corrected chi connectivity index (χ1v) is 4.64. The average molecular weight is 305 g/mol. The zero-order valence-corrected chi connectivity index (χ0v) is 9.80. The van der Waals surface area contributed by atoms with Gasteiger partial charge in [0.2, 0.25) is 0 Å². The second kappa shape index (κ2) is 5.66. The van der Waals surface area contributed by atoms with Gasteiger partial charge in [-0.25, -0.2) is 0 Å². The van der Waals surface area contributed by atoms with E-state index >= 15 is 0 Å². The molecule has 2 nitrogen and oxygen atoms in total. The Morgan fingerprint density at radius 3 is 1.81 bits per heavy atom. The number of carboxylic acid groups (broad SMARTS) is 1. The van der Waals surface area contributed by atoms with E-state index in [1.807, 2.05) is 30.3 Å². The second-order valence-electron chi connectivity index (χ2n) is 3.23. The van der Waals surface area contributed by atoms with Gasteiger partial charge in [-0.1, -0.05) is 54.6 Å². The molecule has 2 aromatic rings. The molecule has 84 valence electrons. The van der Waals surface area contributed by atoms with E-state index in [1.165, 1.54) is 0 Å². The van der Waals surface area contributed by atoms with Crippen LogP contribution in [0.25, 0.3) is 11.1 Å². The fourth-order valence-electron chi connectivity index (χ4n) is 1.43. The molecular weight excluding hydrogens is 296 g/mol. The number of hydrogen-bond acceptors (Lipinski definition) is 2. The molecule has 2 aromatic carbocycles. The summed E-state index contributed by atoms with van der Waals surface area (Å²) < 4.78 is 0. The van der Waals surface area contributed by atoms with Gasteiger partial charge in [-0.2, -0.15) is 0 Å². The fourth-order valence-corrected chi connectivity index (χ4v) is 1.43. The van der Waals surface area contributed by atoms with E-state index in [9.17, 15) is 9.90 Å². The van der Waals surface area contributed by atoms with Gasteiger partial charge in [0.25, 0.3) is 0 Å². The van der Waals surface area contributed by atoms with E-state index in [0.717, 1.165) is 11.1 Å². The van der Waals surface area contributed by atoms with Crippen molar-refractivity contribution in [3.05, 3.63) is 60.2 Å². The maximum Gasteiger partial charge on any atom is 1.00 e. The van der Waals surface area contributed by atoms with E-state index < -0.39 is 5.97 Å². The van der Waals surface area contributed by atoms with Gasteiger partial charge in [-0.05, 0) is 16.7 Å². The molecule has 3 heteroatoms. The summed E-state index contributed by atoms with van der Waals surface area (Å²) in [5.41, 5.74) is 2.28. The molecule has 0 heterocycles. The van der Waals surface area contributed by atoms with E-state index in [1.54, 1.807) is 24.3 Å². The maximum atomic E-state index is 10.5. The number of hydrogen-bond donors (Lipinski definition) is 0. The number of carbonyl (C=O) groups is 1. The minimum absolute atomic E-state index is 0. The van der Waals surface area contributed by atoms with Crippen LogP contribution < -0.4 is 5.11 Å². The molecule has 0 fully saturated rings. The Bertz CT molecular complexity index is 463. The van der Waals surface area contributed by atoms with Crippen LogP contribution in [-0.2, 0) is 22.4 Å². The van der Waals surface area contributed by atoms with Crippen LogP contribution in [0.3, 0.4) is 0 Å². The average Bonchev–Trinajstić information content (AvgIpc) is 2.30. The molecule has 16 heavy (non-hydrogen) atoms. The van der Waals surface area contributed by atoms with Crippen LogP contribution in [0.2, 0.25) is 0 Å². The number of carboxylic acids is 1. The van der Waals surface area contributed by atoms with Gasteiger partial charge in [-0.3, -0.25) is 0 Å². The predicted octanol–water partition coefficient (Wildman–Crippen LogP) is 1.71. The third-order valence-electron chi connectivity index (χ3n) is 2.23. The molecule has 0 unspecified atom stereocenters. The first-order valence-electron chi connectivity index (χ1n) is 4.64. The van der Waals surface area contributed by atoms with E-state index in [0.29, 0.717) is 0 Å². The van der Waals surface area contributed by atoms with E-state index in [4.69, 9.17) is 0 Å². The number of aromatic carboxylic acids is 1. The Kier molecular flexibility index (Phi) is 4.50. The van der Waals surface area contributed by atoms with Crippen molar-refractivity contribution in [2.75, 3.05) is 0 Å². The van der Waals surface area contributed by atoms with Crippen LogP contribution in [0.1, 0.15) is 10.4 Å². The van der Waals surface area contributed by atoms with Crippen molar-refractivity contribution < 1.29 is 32.3 Å². The number of carbonyl (C=O) groups excluding carboxylic acids is 1. The molecule has 0 N–H and O–H groups in total. The topological polar surface area (TPSA) is 40.1 Å². The number of rotatable bonds is 2. The van der Waals surface area contributed by atoms with Crippen LogP contribution in [-0.4, -0.2) is 5.97 Å². The number of benzene rings is 2. The maximum absolute atomic E-state index is 10.5. The van der Waals surface area contributed by atoms with Crippen LogP contribution in [0.15, 0.2) is 54.6 Å². The quantitative estimate of drug-likeness (QED) is 0.793. The van der Waals surface area contributed by atoms with Gasteiger partial charge in [0.05, 0.1) is 5.97 Å². The fraction of sp³-hybridized carbons (Fsp3) is 0. The third-order valence-corrected chi connectivity index (χ3v) is 2.23. The van der Waals surface area contributed by atoms with Crippen molar-refractivity contribution in [1.29, 1.82) is 0 Å². The Balaban J connectivity index is 0.00000128. The van der Waals surface area contributed by atoms with Crippen LogP contribution >= 0.6 is 0 Å². The summed E-state index contributed by atoms with van der Waals surface area (Å²) in [5, 5.41) is 10.5. The van der Waals surface area contributed by atoms with Crippen LogP contribution in [0.5, 0.6) is 0 Å². The Labute approximate surface area is 109 Å². The van der Waals surface area contributed by atoms with Crippen molar-refractivity contribution >= 4 is 5.97 Å². The molecule has 0 atom stereocenters. The normalized spacial score (nSPS) is 9.25. The predicted molar refractivity (Wildman–Crippen MR) is 56.2 cm³/mol. The van der Waals surface area contributed by atoms with Crippen molar-refractivity contribution in [2.24, 2.45) is 0 Å². The SMILES string of the molecule is O=C([O-])c1ccc(-c2ccccc2)cc1.[Ag+]. The molecule has 0 aliphatic heterocycles. The summed E-state index contributed by atoms with van der Waals surface area (Å²) in [5.74, 6) is -1.14. The molecule has 0 amide bonds. The zero-order chi connectivity index (χ0) is 10.7. The first-order chi connectivity index (χ1) is 7.27. The van der Waals surface area contributed by atoms with Gasteiger partial charge in [0.1, 0.15) is 0 Å². The summed E-state index contributed by atoms with van der Waals surface area (Å²) in [4.78, 5) is 10.5.